The van der Waals surface area contributed by atoms with Crippen LogP contribution in [0, 0.1) is 13.8 Å². The van der Waals surface area contributed by atoms with Crippen molar-refractivity contribution in [2.45, 2.75) is 39.7 Å². The Morgan fingerprint density at radius 2 is 1.95 bits per heavy atom. The molecule has 0 atom stereocenters. The number of phenols is 1. The van der Waals surface area contributed by atoms with Crippen LogP contribution in [-0.2, 0) is 4.79 Å². The molecule has 2 rings (SSSR count). The van der Waals surface area contributed by atoms with E-state index in [-0.39, 0.29) is 5.91 Å². The van der Waals surface area contributed by atoms with Crippen LogP contribution in [0.2, 0.25) is 0 Å². The number of carbonyl (C=O) groups excluding carboxylic acids is 1. The number of nitrogens with one attached hydrogen (secondary N) is 1. The van der Waals surface area contributed by atoms with Crippen molar-refractivity contribution in [2.75, 3.05) is 18.4 Å². The van der Waals surface area contributed by atoms with Crippen LogP contribution in [0.15, 0.2) is 12.1 Å². The van der Waals surface area contributed by atoms with Crippen molar-refractivity contribution >= 4 is 11.6 Å². The zero-order valence-corrected chi connectivity index (χ0v) is 11.9. The first kappa shape index (κ1) is 13.7. The Morgan fingerprint density at radius 1 is 1.32 bits per heavy atom. The summed E-state index contributed by atoms with van der Waals surface area (Å²) in [6.45, 7) is 7.07. The van der Waals surface area contributed by atoms with Gasteiger partial charge in [-0.25, -0.2) is 0 Å². The van der Waals surface area contributed by atoms with Gasteiger partial charge in [0.2, 0.25) is 5.91 Å². The molecular formula is C15H22N2O2. The van der Waals surface area contributed by atoms with E-state index in [4.69, 9.17) is 0 Å². The van der Waals surface area contributed by atoms with Gasteiger partial charge < -0.3 is 15.3 Å². The first-order chi connectivity index (χ1) is 8.99. The van der Waals surface area contributed by atoms with Gasteiger partial charge in [-0.15, -0.1) is 0 Å². The van der Waals surface area contributed by atoms with Gasteiger partial charge in [0.25, 0.3) is 0 Å². The Bertz CT molecular complexity index is 477. The molecule has 0 aromatic heterocycles. The van der Waals surface area contributed by atoms with Gasteiger partial charge in [-0.05, 0) is 38.3 Å². The minimum absolute atomic E-state index is 0.155. The quantitative estimate of drug-likeness (QED) is 0.860. The van der Waals surface area contributed by atoms with Gasteiger partial charge in [0.05, 0.1) is 0 Å². The van der Waals surface area contributed by atoms with E-state index >= 15 is 0 Å². The second kappa shape index (κ2) is 5.51. The largest absolute Gasteiger partial charge is 0.507 e. The fraction of sp³-hybridized carbons (Fsp3) is 0.533. The molecule has 1 heterocycles. The summed E-state index contributed by atoms with van der Waals surface area (Å²) in [7, 11) is 0. The van der Waals surface area contributed by atoms with Gasteiger partial charge in [-0.3, -0.25) is 4.79 Å². The number of anilines is 1. The first-order valence-corrected chi connectivity index (χ1v) is 6.80. The highest BCUT2D eigenvalue weighted by molar-refractivity contribution is 5.73. The van der Waals surface area contributed by atoms with Crippen molar-refractivity contribution < 1.29 is 9.90 Å². The smallest absolute Gasteiger partial charge is 0.219 e. The first-order valence-electron chi connectivity index (χ1n) is 6.80. The lowest BCUT2D eigenvalue weighted by atomic mass is 10.0. The van der Waals surface area contributed by atoms with Crippen LogP contribution in [-0.4, -0.2) is 35.0 Å². The highest BCUT2D eigenvalue weighted by Gasteiger charge is 2.21. The molecule has 0 spiro atoms. The van der Waals surface area contributed by atoms with Crippen LogP contribution in [0.1, 0.15) is 30.9 Å². The molecule has 0 saturated carbocycles. The van der Waals surface area contributed by atoms with Gasteiger partial charge in [0, 0.05) is 37.3 Å². The molecule has 2 N–H and O–H groups in total. The standard InChI is InChI=1S/C15H22N2O2/c1-10-4-5-14(11(2)15(10)19)16-13-6-8-17(9-7-13)12(3)18/h4-5,13,16,19H,6-9H2,1-3H3. The summed E-state index contributed by atoms with van der Waals surface area (Å²) in [6.07, 6.45) is 1.90. The third-order valence-corrected chi connectivity index (χ3v) is 3.93. The highest BCUT2D eigenvalue weighted by Crippen LogP contribution is 2.29. The van der Waals surface area contributed by atoms with Crippen molar-refractivity contribution in [3.8, 4) is 5.75 Å². The van der Waals surface area contributed by atoms with Crippen molar-refractivity contribution in [3.05, 3.63) is 23.3 Å². The minimum Gasteiger partial charge on any atom is -0.507 e. The maximum atomic E-state index is 11.3. The van der Waals surface area contributed by atoms with Crippen molar-refractivity contribution in [2.24, 2.45) is 0 Å². The van der Waals surface area contributed by atoms with E-state index in [2.05, 4.69) is 5.32 Å². The molecule has 4 nitrogen and oxygen atoms in total. The Labute approximate surface area is 114 Å². The second-order valence-electron chi connectivity index (χ2n) is 5.33. The van der Waals surface area contributed by atoms with E-state index in [9.17, 15) is 9.90 Å². The third-order valence-electron chi connectivity index (χ3n) is 3.93. The molecule has 1 aliphatic heterocycles. The van der Waals surface area contributed by atoms with E-state index < -0.39 is 0 Å². The Kier molecular flexibility index (Phi) is 3.98. The summed E-state index contributed by atoms with van der Waals surface area (Å²) in [6, 6.07) is 4.31. The summed E-state index contributed by atoms with van der Waals surface area (Å²) in [5.74, 6) is 0.522. The maximum absolute atomic E-state index is 11.3. The molecule has 19 heavy (non-hydrogen) atoms. The van der Waals surface area contributed by atoms with Crippen LogP contribution in [0.3, 0.4) is 0 Å². The number of carbonyl (C=O) groups is 1. The molecule has 0 radical (unpaired) electrons. The van der Waals surface area contributed by atoms with Gasteiger partial charge in [0.15, 0.2) is 0 Å². The lowest BCUT2D eigenvalue weighted by molar-refractivity contribution is -0.129. The molecule has 1 amide bonds. The summed E-state index contributed by atoms with van der Waals surface area (Å²) in [4.78, 5) is 13.2. The molecule has 104 valence electrons. The second-order valence-corrected chi connectivity index (χ2v) is 5.33. The Morgan fingerprint density at radius 3 is 2.53 bits per heavy atom. The fourth-order valence-electron chi connectivity index (χ4n) is 2.55. The summed E-state index contributed by atoms with van der Waals surface area (Å²) in [5.41, 5.74) is 2.79. The number of likely N-dealkylation sites (tertiary alicyclic amines) is 1. The van der Waals surface area contributed by atoms with Crippen LogP contribution < -0.4 is 5.32 Å². The number of hydrogen-bond acceptors (Lipinski definition) is 3. The van der Waals surface area contributed by atoms with Gasteiger partial charge >= 0.3 is 0 Å². The molecule has 4 heteroatoms. The van der Waals surface area contributed by atoms with E-state index in [1.54, 1.807) is 6.92 Å². The number of aromatic hydroxyl groups is 1. The minimum atomic E-state index is 0.155. The molecule has 1 fully saturated rings. The number of rotatable bonds is 2. The predicted molar refractivity (Wildman–Crippen MR) is 76.5 cm³/mol. The number of amides is 1. The zero-order valence-electron chi connectivity index (χ0n) is 11.9. The number of phenolic OH excluding ortho intramolecular Hbond substituents is 1. The van der Waals surface area contributed by atoms with E-state index in [1.807, 2.05) is 30.9 Å². The van der Waals surface area contributed by atoms with Gasteiger partial charge in [-0.2, -0.15) is 0 Å². The Hall–Kier alpha value is -1.71. The summed E-state index contributed by atoms with van der Waals surface area (Å²) >= 11 is 0. The fourth-order valence-corrected chi connectivity index (χ4v) is 2.55. The molecule has 1 saturated heterocycles. The molecule has 0 aliphatic carbocycles. The van der Waals surface area contributed by atoms with Crippen molar-refractivity contribution in [3.63, 3.8) is 0 Å². The van der Waals surface area contributed by atoms with Gasteiger partial charge in [-0.1, -0.05) is 6.07 Å². The number of nitrogens with zero attached hydrogens (tertiary/aromatic N) is 1. The normalized spacial score (nSPS) is 16.5. The lowest BCUT2D eigenvalue weighted by Crippen LogP contribution is -2.41. The van der Waals surface area contributed by atoms with E-state index in [0.717, 1.165) is 42.7 Å². The van der Waals surface area contributed by atoms with Crippen molar-refractivity contribution in [1.29, 1.82) is 0 Å². The SMILES string of the molecule is CC(=O)N1CCC(Nc2ccc(C)c(O)c2C)CC1. The highest BCUT2D eigenvalue weighted by atomic mass is 16.3. The molecule has 0 unspecified atom stereocenters. The van der Waals surface area contributed by atoms with Crippen LogP contribution in [0.5, 0.6) is 5.75 Å². The van der Waals surface area contributed by atoms with E-state index in [1.165, 1.54) is 0 Å². The number of benzene rings is 1. The van der Waals surface area contributed by atoms with E-state index in [0.29, 0.717) is 11.8 Å². The molecule has 1 aliphatic rings. The van der Waals surface area contributed by atoms with Crippen LogP contribution >= 0.6 is 0 Å². The predicted octanol–water partition coefficient (Wildman–Crippen LogP) is 2.43. The number of aryl methyl sites for hydroxylation is 1. The average Bonchev–Trinajstić information content (AvgIpc) is 2.40. The topological polar surface area (TPSA) is 52.6 Å². The molecular weight excluding hydrogens is 240 g/mol. The summed E-state index contributed by atoms with van der Waals surface area (Å²) in [5, 5.41) is 13.4. The third kappa shape index (κ3) is 3.00. The lowest BCUT2D eigenvalue weighted by Gasteiger charge is -2.32. The van der Waals surface area contributed by atoms with Gasteiger partial charge in [0.1, 0.15) is 5.75 Å². The Balaban J connectivity index is 2.00. The van der Waals surface area contributed by atoms with Crippen molar-refractivity contribution in [1.82, 2.24) is 4.90 Å². The zero-order chi connectivity index (χ0) is 14.0. The average molecular weight is 262 g/mol. The monoisotopic (exact) mass is 262 g/mol. The molecule has 1 aromatic carbocycles. The molecule has 0 bridgehead atoms. The maximum Gasteiger partial charge on any atom is 0.219 e. The van der Waals surface area contributed by atoms with Crippen LogP contribution in [0.4, 0.5) is 5.69 Å². The summed E-state index contributed by atoms with van der Waals surface area (Å²) < 4.78 is 0. The number of hydrogen-bond donors (Lipinski definition) is 2. The number of piperidine rings is 1. The van der Waals surface area contributed by atoms with Crippen LogP contribution in [0.25, 0.3) is 0 Å². The molecule has 1 aromatic rings.